The maximum atomic E-state index is 10.9. The smallest absolute Gasteiger partial charge is 0.307 e. The van der Waals surface area contributed by atoms with Crippen LogP contribution in [-0.2, 0) is 11.2 Å². The fourth-order valence-electron chi connectivity index (χ4n) is 1.63. The Kier molecular flexibility index (Phi) is 4.71. The largest absolute Gasteiger partial charge is 0.481 e. The van der Waals surface area contributed by atoms with Gasteiger partial charge in [0, 0.05) is 19.0 Å². The van der Waals surface area contributed by atoms with Crippen molar-refractivity contribution < 1.29 is 9.90 Å². The number of nitrogen functional groups attached to an aromatic ring is 1. The molecule has 2 rings (SSSR count). The number of nitrogens with two attached hydrogens (primary N) is 1. The molecule has 2 aromatic rings. The third-order valence-electron chi connectivity index (χ3n) is 2.47. The molecule has 2 aromatic carbocycles. The molecule has 0 aromatic heterocycles. The van der Waals surface area contributed by atoms with Crippen LogP contribution in [0.15, 0.2) is 52.3 Å². The highest BCUT2D eigenvalue weighted by atomic mass is 127. The molecule has 0 saturated carbocycles. The van der Waals surface area contributed by atoms with Gasteiger partial charge in [0.25, 0.3) is 0 Å². The lowest BCUT2D eigenvalue weighted by atomic mass is 10.1. The van der Waals surface area contributed by atoms with Crippen LogP contribution >= 0.6 is 34.4 Å². The molecule has 0 bridgehead atoms. The lowest BCUT2D eigenvalue weighted by Gasteiger charge is -2.08. The first-order valence-electron chi connectivity index (χ1n) is 5.58. The lowest BCUT2D eigenvalue weighted by Crippen LogP contribution is -2.02. The Morgan fingerprint density at radius 3 is 2.53 bits per heavy atom. The molecule has 5 heteroatoms. The fourth-order valence-corrected chi connectivity index (χ4v) is 2.91. The molecular weight excluding hydrogens is 373 g/mol. The maximum Gasteiger partial charge on any atom is 0.307 e. The third kappa shape index (κ3) is 4.14. The molecule has 0 aliphatic rings. The van der Waals surface area contributed by atoms with E-state index < -0.39 is 5.97 Å². The molecule has 3 nitrogen and oxygen atoms in total. The van der Waals surface area contributed by atoms with Crippen molar-refractivity contribution in [2.45, 2.75) is 16.2 Å². The van der Waals surface area contributed by atoms with E-state index in [4.69, 9.17) is 10.8 Å². The number of carboxylic acids is 1. The number of benzene rings is 2. The topological polar surface area (TPSA) is 63.3 Å². The zero-order valence-electron chi connectivity index (χ0n) is 9.97. The van der Waals surface area contributed by atoms with Gasteiger partial charge in [0.05, 0.1) is 6.42 Å². The number of halogens is 1. The van der Waals surface area contributed by atoms with Crippen LogP contribution in [-0.4, -0.2) is 11.1 Å². The maximum absolute atomic E-state index is 10.9. The minimum Gasteiger partial charge on any atom is -0.481 e. The van der Waals surface area contributed by atoms with Crippen LogP contribution in [0.25, 0.3) is 0 Å². The second kappa shape index (κ2) is 6.29. The van der Waals surface area contributed by atoms with E-state index in [-0.39, 0.29) is 6.42 Å². The molecule has 0 atom stereocenters. The van der Waals surface area contributed by atoms with Crippen molar-refractivity contribution >= 4 is 46.0 Å². The molecule has 0 aliphatic carbocycles. The van der Waals surface area contributed by atoms with Gasteiger partial charge in [0.2, 0.25) is 0 Å². The number of rotatable bonds is 4. The predicted molar refractivity (Wildman–Crippen MR) is 85.5 cm³/mol. The highest BCUT2D eigenvalue weighted by molar-refractivity contribution is 14.1. The van der Waals surface area contributed by atoms with Crippen LogP contribution in [0, 0.1) is 3.57 Å². The lowest BCUT2D eigenvalue weighted by molar-refractivity contribution is -0.136. The molecule has 0 saturated heterocycles. The zero-order chi connectivity index (χ0) is 13.8. The first-order valence-corrected chi connectivity index (χ1v) is 7.48. The summed E-state index contributed by atoms with van der Waals surface area (Å²) in [6.45, 7) is 0. The molecule has 0 amide bonds. The van der Waals surface area contributed by atoms with Gasteiger partial charge in [-0.2, -0.15) is 0 Å². The molecule has 0 radical (unpaired) electrons. The summed E-state index contributed by atoms with van der Waals surface area (Å²) >= 11 is 3.80. The van der Waals surface area contributed by atoms with Crippen molar-refractivity contribution in [3.63, 3.8) is 0 Å². The van der Waals surface area contributed by atoms with E-state index in [0.717, 1.165) is 15.4 Å². The molecule has 0 heterocycles. The SMILES string of the molecule is Nc1ccc(Sc2ccc(I)cc2)c(CC(=O)O)c1. The monoisotopic (exact) mass is 385 g/mol. The van der Waals surface area contributed by atoms with E-state index in [9.17, 15) is 4.79 Å². The Hall–Kier alpha value is -1.21. The van der Waals surface area contributed by atoms with Crippen LogP contribution in [0.1, 0.15) is 5.56 Å². The van der Waals surface area contributed by atoms with E-state index >= 15 is 0 Å². The summed E-state index contributed by atoms with van der Waals surface area (Å²) in [6, 6.07) is 13.5. The average molecular weight is 385 g/mol. The standard InChI is InChI=1S/C14H12INO2S/c15-10-1-4-12(5-2-10)19-13-6-3-11(16)7-9(13)8-14(17)18/h1-7H,8,16H2,(H,17,18). The van der Waals surface area contributed by atoms with Gasteiger partial charge >= 0.3 is 5.97 Å². The Labute approximate surface area is 129 Å². The van der Waals surface area contributed by atoms with Gasteiger partial charge < -0.3 is 10.8 Å². The van der Waals surface area contributed by atoms with E-state index in [0.29, 0.717) is 5.69 Å². The summed E-state index contributed by atoms with van der Waals surface area (Å²) in [5.41, 5.74) is 7.05. The first kappa shape index (κ1) is 14.2. The van der Waals surface area contributed by atoms with Gasteiger partial charge in [0.1, 0.15) is 0 Å². The van der Waals surface area contributed by atoms with Crippen molar-refractivity contribution in [2.75, 3.05) is 5.73 Å². The Morgan fingerprint density at radius 1 is 1.21 bits per heavy atom. The molecule has 98 valence electrons. The minimum atomic E-state index is -0.852. The third-order valence-corrected chi connectivity index (χ3v) is 4.31. The van der Waals surface area contributed by atoms with Crippen molar-refractivity contribution in [1.82, 2.24) is 0 Å². The predicted octanol–water partition coefficient (Wildman–Crippen LogP) is 3.65. The number of hydrogen-bond acceptors (Lipinski definition) is 3. The van der Waals surface area contributed by atoms with Crippen LogP contribution in [0.5, 0.6) is 0 Å². The van der Waals surface area contributed by atoms with E-state index in [1.54, 1.807) is 23.9 Å². The molecule has 0 unspecified atom stereocenters. The molecule has 3 N–H and O–H groups in total. The summed E-state index contributed by atoms with van der Waals surface area (Å²) < 4.78 is 1.17. The summed E-state index contributed by atoms with van der Waals surface area (Å²) in [5.74, 6) is -0.852. The molecule has 0 spiro atoms. The summed E-state index contributed by atoms with van der Waals surface area (Å²) in [4.78, 5) is 12.9. The van der Waals surface area contributed by atoms with Crippen molar-refractivity contribution in [3.8, 4) is 0 Å². The van der Waals surface area contributed by atoms with Crippen molar-refractivity contribution in [2.24, 2.45) is 0 Å². The van der Waals surface area contributed by atoms with Crippen molar-refractivity contribution in [1.29, 1.82) is 0 Å². The fraction of sp³-hybridized carbons (Fsp3) is 0.0714. The Balaban J connectivity index is 2.28. The van der Waals surface area contributed by atoms with Crippen LogP contribution < -0.4 is 5.73 Å². The number of carboxylic acid groups (broad SMARTS) is 1. The van der Waals surface area contributed by atoms with Crippen LogP contribution in [0.2, 0.25) is 0 Å². The Morgan fingerprint density at radius 2 is 1.89 bits per heavy atom. The molecule has 19 heavy (non-hydrogen) atoms. The van der Waals surface area contributed by atoms with Crippen molar-refractivity contribution in [3.05, 3.63) is 51.6 Å². The van der Waals surface area contributed by atoms with Crippen LogP contribution in [0.4, 0.5) is 5.69 Å². The number of carbonyl (C=O) groups is 1. The number of aliphatic carboxylic acids is 1. The Bertz CT molecular complexity index is 599. The van der Waals surface area contributed by atoms with Gasteiger partial charge in [-0.15, -0.1) is 0 Å². The van der Waals surface area contributed by atoms with Gasteiger partial charge in [-0.1, -0.05) is 11.8 Å². The van der Waals surface area contributed by atoms with Crippen LogP contribution in [0.3, 0.4) is 0 Å². The molecular formula is C14H12INO2S. The first-order chi connectivity index (χ1) is 9.04. The average Bonchev–Trinajstić information content (AvgIpc) is 2.34. The van der Waals surface area contributed by atoms with Gasteiger partial charge in [-0.25, -0.2) is 0 Å². The van der Waals surface area contributed by atoms with E-state index in [1.165, 1.54) is 3.57 Å². The highest BCUT2D eigenvalue weighted by Crippen LogP contribution is 2.32. The number of hydrogen-bond donors (Lipinski definition) is 2. The van der Waals surface area contributed by atoms with Gasteiger partial charge in [0.15, 0.2) is 0 Å². The molecule has 0 aliphatic heterocycles. The summed E-state index contributed by atoms with van der Waals surface area (Å²) in [6.07, 6.45) is -0.0161. The zero-order valence-corrected chi connectivity index (χ0v) is 12.9. The normalized spacial score (nSPS) is 10.4. The number of anilines is 1. The van der Waals surface area contributed by atoms with E-state index in [2.05, 4.69) is 22.6 Å². The second-order valence-corrected chi connectivity index (χ2v) is 6.35. The van der Waals surface area contributed by atoms with Gasteiger partial charge in [-0.3, -0.25) is 4.79 Å². The highest BCUT2D eigenvalue weighted by Gasteiger charge is 2.09. The quantitative estimate of drug-likeness (QED) is 0.623. The minimum absolute atomic E-state index is 0.0161. The van der Waals surface area contributed by atoms with E-state index in [1.807, 2.05) is 30.3 Å². The molecule has 0 fully saturated rings. The second-order valence-electron chi connectivity index (χ2n) is 3.99. The van der Waals surface area contributed by atoms with Gasteiger partial charge in [-0.05, 0) is 70.6 Å². The summed E-state index contributed by atoms with van der Waals surface area (Å²) in [7, 11) is 0. The summed E-state index contributed by atoms with van der Waals surface area (Å²) in [5, 5.41) is 8.93.